The van der Waals surface area contributed by atoms with Gasteiger partial charge in [-0.2, -0.15) is 0 Å². The van der Waals surface area contributed by atoms with Crippen LogP contribution in [0.15, 0.2) is 0 Å². The van der Waals surface area contributed by atoms with Crippen molar-refractivity contribution in [3.05, 3.63) is 0 Å². The third kappa shape index (κ3) is 4.09. The van der Waals surface area contributed by atoms with Gasteiger partial charge in [0.05, 0.1) is 19.3 Å². The Bertz CT molecular complexity index is 337. The fraction of sp³-hybridized carbons (Fsp3) is 0.933. The third-order valence-corrected chi connectivity index (χ3v) is 4.12. The second-order valence-electron chi connectivity index (χ2n) is 7.01. The van der Waals surface area contributed by atoms with Crippen molar-refractivity contribution in [2.24, 2.45) is 11.7 Å². The SMILES string of the molecule is CC(C)(C)OC(=O)N1CCOCC1C(N)CC1CCC1. The molecule has 2 aliphatic rings. The van der Waals surface area contributed by atoms with Crippen molar-refractivity contribution >= 4 is 6.09 Å². The number of carbonyl (C=O) groups excluding carboxylic acids is 1. The van der Waals surface area contributed by atoms with Crippen molar-refractivity contribution in [3.63, 3.8) is 0 Å². The Morgan fingerprint density at radius 1 is 1.45 bits per heavy atom. The quantitative estimate of drug-likeness (QED) is 0.862. The summed E-state index contributed by atoms with van der Waals surface area (Å²) in [4.78, 5) is 14.1. The lowest BCUT2D eigenvalue weighted by atomic mass is 9.79. The number of hydrogen-bond donors (Lipinski definition) is 1. The fourth-order valence-electron chi connectivity index (χ4n) is 2.80. The van der Waals surface area contributed by atoms with E-state index in [2.05, 4.69) is 0 Å². The molecule has 1 saturated heterocycles. The topological polar surface area (TPSA) is 64.8 Å². The molecule has 0 aromatic rings. The largest absolute Gasteiger partial charge is 0.444 e. The molecule has 0 bridgehead atoms. The van der Waals surface area contributed by atoms with Crippen LogP contribution in [0.25, 0.3) is 0 Å². The maximum absolute atomic E-state index is 12.3. The highest BCUT2D eigenvalue weighted by atomic mass is 16.6. The zero-order valence-corrected chi connectivity index (χ0v) is 12.9. The van der Waals surface area contributed by atoms with Gasteiger partial charge in [-0.3, -0.25) is 4.90 Å². The van der Waals surface area contributed by atoms with Crippen LogP contribution in [0.2, 0.25) is 0 Å². The van der Waals surface area contributed by atoms with Crippen LogP contribution >= 0.6 is 0 Å². The number of rotatable bonds is 3. The minimum absolute atomic E-state index is 0.0203. The first-order valence-electron chi connectivity index (χ1n) is 7.70. The zero-order chi connectivity index (χ0) is 14.8. The fourth-order valence-corrected chi connectivity index (χ4v) is 2.80. The van der Waals surface area contributed by atoms with Gasteiger partial charge in [0.1, 0.15) is 5.60 Å². The summed E-state index contributed by atoms with van der Waals surface area (Å²) in [6.45, 7) is 7.30. The average Bonchev–Trinajstić information content (AvgIpc) is 2.31. The molecule has 2 unspecified atom stereocenters. The van der Waals surface area contributed by atoms with Gasteiger partial charge in [0, 0.05) is 12.6 Å². The smallest absolute Gasteiger partial charge is 0.410 e. The Labute approximate surface area is 121 Å². The Morgan fingerprint density at radius 2 is 2.15 bits per heavy atom. The molecule has 0 spiro atoms. The first kappa shape index (κ1) is 15.6. The Morgan fingerprint density at radius 3 is 2.70 bits per heavy atom. The third-order valence-electron chi connectivity index (χ3n) is 4.12. The molecule has 2 N–H and O–H groups in total. The van der Waals surface area contributed by atoms with E-state index in [1.54, 1.807) is 4.90 Å². The van der Waals surface area contributed by atoms with Crippen LogP contribution in [0.5, 0.6) is 0 Å². The van der Waals surface area contributed by atoms with Crippen LogP contribution in [0, 0.1) is 5.92 Å². The summed E-state index contributed by atoms with van der Waals surface area (Å²) < 4.78 is 11.0. The van der Waals surface area contributed by atoms with Gasteiger partial charge in [0.2, 0.25) is 0 Å². The van der Waals surface area contributed by atoms with Gasteiger partial charge in [-0.05, 0) is 33.1 Å². The lowest BCUT2D eigenvalue weighted by Crippen LogP contribution is -2.58. The summed E-state index contributed by atoms with van der Waals surface area (Å²) in [6.07, 6.45) is 4.57. The molecule has 1 amide bonds. The second-order valence-corrected chi connectivity index (χ2v) is 7.01. The number of carbonyl (C=O) groups is 1. The van der Waals surface area contributed by atoms with Crippen molar-refractivity contribution in [1.29, 1.82) is 0 Å². The van der Waals surface area contributed by atoms with E-state index in [0.29, 0.717) is 19.8 Å². The maximum Gasteiger partial charge on any atom is 0.410 e. The Kier molecular flexibility index (Phi) is 4.91. The number of hydrogen-bond acceptors (Lipinski definition) is 4. The van der Waals surface area contributed by atoms with E-state index >= 15 is 0 Å². The maximum atomic E-state index is 12.3. The molecule has 20 heavy (non-hydrogen) atoms. The molecule has 5 heteroatoms. The summed E-state index contributed by atoms with van der Waals surface area (Å²) in [5.41, 5.74) is 5.85. The van der Waals surface area contributed by atoms with E-state index in [4.69, 9.17) is 15.2 Å². The van der Waals surface area contributed by atoms with Crippen molar-refractivity contribution < 1.29 is 14.3 Å². The molecule has 0 aromatic carbocycles. The van der Waals surface area contributed by atoms with Crippen LogP contribution in [-0.2, 0) is 9.47 Å². The van der Waals surface area contributed by atoms with Crippen molar-refractivity contribution in [2.75, 3.05) is 19.8 Å². The molecule has 1 aliphatic heterocycles. The standard InChI is InChI=1S/C15H28N2O3/c1-15(2,3)20-14(18)17-7-8-19-10-13(17)12(16)9-11-5-4-6-11/h11-13H,4-10,16H2,1-3H3. The normalized spacial score (nSPS) is 26.0. The van der Waals surface area contributed by atoms with Gasteiger partial charge in [-0.15, -0.1) is 0 Å². The molecule has 116 valence electrons. The zero-order valence-electron chi connectivity index (χ0n) is 12.9. The Balaban J connectivity index is 1.94. The molecule has 1 saturated carbocycles. The number of ether oxygens (including phenoxy) is 2. The molecule has 1 heterocycles. The van der Waals surface area contributed by atoms with Crippen LogP contribution in [0.3, 0.4) is 0 Å². The van der Waals surface area contributed by atoms with Crippen molar-refractivity contribution in [1.82, 2.24) is 4.90 Å². The highest BCUT2D eigenvalue weighted by Gasteiger charge is 2.36. The molecule has 1 aliphatic carbocycles. The van der Waals surface area contributed by atoms with Crippen LogP contribution in [-0.4, -0.2) is 48.4 Å². The van der Waals surface area contributed by atoms with E-state index in [1.165, 1.54) is 19.3 Å². The van der Waals surface area contributed by atoms with Gasteiger partial charge in [0.15, 0.2) is 0 Å². The molecule has 2 atom stereocenters. The lowest BCUT2D eigenvalue weighted by molar-refractivity contribution is -0.0403. The summed E-state index contributed by atoms with van der Waals surface area (Å²) in [7, 11) is 0. The van der Waals surface area contributed by atoms with E-state index in [-0.39, 0.29) is 18.2 Å². The first-order chi connectivity index (χ1) is 9.37. The Hall–Kier alpha value is -0.810. The predicted molar refractivity (Wildman–Crippen MR) is 77.5 cm³/mol. The van der Waals surface area contributed by atoms with Crippen LogP contribution in [0.1, 0.15) is 46.5 Å². The monoisotopic (exact) mass is 284 g/mol. The van der Waals surface area contributed by atoms with Gasteiger partial charge in [0.25, 0.3) is 0 Å². The minimum Gasteiger partial charge on any atom is -0.444 e. The second kappa shape index (κ2) is 6.31. The van der Waals surface area contributed by atoms with Gasteiger partial charge >= 0.3 is 6.09 Å². The number of nitrogens with two attached hydrogens (primary N) is 1. The summed E-state index contributed by atoms with van der Waals surface area (Å²) in [5, 5.41) is 0. The summed E-state index contributed by atoms with van der Waals surface area (Å²) >= 11 is 0. The molecule has 0 aromatic heterocycles. The van der Waals surface area contributed by atoms with Gasteiger partial charge < -0.3 is 15.2 Å². The van der Waals surface area contributed by atoms with Crippen LogP contribution in [0.4, 0.5) is 4.79 Å². The highest BCUT2D eigenvalue weighted by Crippen LogP contribution is 2.31. The number of nitrogens with zero attached hydrogens (tertiary/aromatic N) is 1. The minimum atomic E-state index is -0.474. The molecule has 5 nitrogen and oxygen atoms in total. The number of amides is 1. The lowest BCUT2D eigenvalue weighted by Gasteiger charge is -2.41. The van der Waals surface area contributed by atoms with Crippen molar-refractivity contribution in [2.45, 2.75) is 64.1 Å². The number of morpholine rings is 1. The summed E-state index contributed by atoms with van der Waals surface area (Å²) in [6, 6.07) is -0.0766. The molecular formula is C15H28N2O3. The van der Waals surface area contributed by atoms with Gasteiger partial charge in [-0.1, -0.05) is 19.3 Å². The molecule has 2 rings (SSSR count). The average molecular weight is 284 g/mol. The van der Waals surface area contributed by atoms with E-state index in [0.717, 1.165) is 12.3 Å². The first-order valence-corrected chi connectivity index (χ1v) is 7.70. The molecule has 0 radical (unpaired) electrons. The van der Waals surface area contributed by atoms with Crippen molar-refractivity contribution in [3.8, 4) is 0 Å². The molecule has 2 fully saturated rings. The molecular weight excluding hydrogens is 256 g/mol. The predicted octanol–water partition coefficient (Wildman–Crippen LogP) is 2.14. The summed E-state index contributed by atoms with van der Waals surface area (Å²) in [5.74, 6) is 0.729. The highest BCUT2D eigenvalue weighted by molar-refractivity contribution is 5.68. The van der Waals surface area contributed by atoms with E-state index < -0.39 is 5.60 Å². The van der Waals surface area contributed by atoms with Gasteiger partial charge in [-0.25, -0.2) is 4.79 Å². The van der Waals surface area contributed by atoms with E-state index in [9.17, 15) is 4.79 Å². The van der Waals surface area contributed by atoms with Crippen LogP contribution < -0.4 is 5.73 Å². The van der Waals surface area contributed by atoms with E-state index in [1.807, 2.05) is 20.8 Å².